The Labute approximate surface area is 134 Å². The van der Waals surface area contributed by atoms with Crippen LogP contribution in [-0.4, -0.2) is 29.4 Å². The molecule has 1 heterocycles. The van der Waals surface area contributed by atoms with E-state index in [1.165, 1.54) is 17.0 Å². The van der Waals surface area contributed by atoms with E-state index in [-0.39, 0.29) is 18.1 Å². The van der Waals surface area contributed by atoms with E-state index in [9.17, 15) is 14.9 Å². The van der Waals surface area contributed by atoms with Gasteiger partial charge in [0.1, 0.15) is 5.82 Å². The molecule has 120 valence electrons. The minimum absolute atomic E-state index is 0.0124. The number of aromatic nitrogens is 1. The minimum Gasteiger partial charge on any atom is -0.376 e. The molecule has 0 atom stereocenters. The maximum atomic E-state index is 12.2. The van der Waals surface area contributed by atoms with Crippen LogP contribution in [0, 0.1) is 24.0 Å². The molecule has 2 aromatic rings. The Morgan fingerprint density at radius 1 is 1.26 bits per heavy atom. The molecule has 0 saturated heterocycles. The number of pyridine rings is 1. The van der Waals surface area contributed by atoms with Crippen LogP contribution in [0.3, 0.4) is 0 Å². The molecular weight excluding hydrogens is 296 g/mol. The lowest BCUT2D eigenvalue weighted by Crippen LogP contribution is -2.32. The summed E-state index contributed by atoms with van der Waals surface area (Å²) in [5, 5.41) is 13.5. The number of benzene rings is 1. The molecule has 0 saturated carbocycles. The fraction of sp³-hybridized carbons (Fsp3) is 0.250. The summed E-state index contributed by atoms with van der Waals surface area (Å²) in [7, 11) is 1.67. The summed E-state index contributed by atoms with van der Waals surface area (Å²) < 4.78 is 0. The molecule has 0 unspecified atom stereocenters. The van der Waals surface area contributed by atoms with Crippen LogP contribution in [0.4, 0.5) is 17.2 Å². The average Bonchev–Trinajstić information content (AvgIpc) is 2.51. The second-order valence-corrected chi connectivity index (χ2v) is 5.25. The van der Waals surface area contributed by atoms with Gasteiger partial charge in [0.2, 0.25) is 5.91 Å². The number of nitrogens with one attached hydrogen (secondary N) is 1. The van der Waals surface area contributed by atoms with Crippen molar-refractivity contribution in [3.63, 3.8) is 0 Å². The number of hydrogen-bond donors (Lipinski definition) is 1. The summed E-state index contributed by atoms with van der Waals surface area (Å²) in [5.74, 6) is 0.443. The highest BCUT2D eigenvalue weighted by Gasteiger charge is 2.13. The normalized spacial score (nSPS) is 10.2. The summed E-state index contributed by atoms with van der Waals surface area (Å²) in [6.07, 6.45) is 0. The Kier molecular flexibility index (Phi) is 4.90. The van der Waals surface area contributed by atoms with Crippen LogP contribution in [0.1, 0.15) is 11.3 Å². The Hall–Kier alpha value is -2.96. The van der Waals surface area contributed by atoms with Crippen molar-refractivity contribution in [2.24, 2.45) is 0 Å². The second-order valence-electron chi connectivity index (χ2n) is 5.25. The summed E-state index contributed by atoms with van der Waals surface area (Å²) in [4.78, 5) is 28.2. The molecule has 7 heteroatoms. The molecule has 0 fully saturated rings. The lowest BCUT2D eigenvalue weighted by atomic mass is 10.2. The molecule has 0 radical (unpaired) electrons. The van der Waals surface area contributed by atoms with Gasteiger partial charge in [-0.05, 0) is 43.7 Å². The lowest BCUT2D eigenvalue weighted by molar-refractivity contribution is -0.384. The fourth-order valence-electron chi connectivity index (χ4n) is 2.12. The number of hydrogen-bond acceptors (Lipinski definition) is 5. The number of aryl methyl sites for hydroxylation is 2. The number of nitro benzene ring substituents is 1. The number of carbonyl (C=O) groups is 1. The molecule has 1 amide bonds. The zero-order valence-corrected chi connectivity index (χ0v) is 13.2. The van der Waals surface area contributed by atoms with Crippen molar-refractivity contribution < 1.29 is 9.72 Å². The van der Waals surface area contributed by atoms with Crippen LogP contribution in [0.15, 0.2) is 36.4 Å². The van der Waals surface area contributed by atoms with Crippen molar-refractivity contribution in [2.75, 3.05) is 23.8 Å². The van der Waals surface area contributed by atoms with Crippen LogP contribution in [0.25, 0.3) is 0 Å². The van der Waals surface area contributed by atoms with E-state index in [4.69, 9.17) is 0 Å². The van der Waals surface area contributed by atoms with Gasteiger partial charge in [-0.1, -0.05) is 0 Å². The van der Waals surface area contributed by atoms with Gasteiger partial charge in [0.25, 0.3) is 5.69 Å². The van der Waals surface area contributed by atoms with E-state index in [2.05, 4.69) is 10.3 Å². The van der Waals surface area contributed by atoms with Crippen LogP contribution < -0.4 is 10.2 Å². The van der Waals surface area contributed by atoms with Gasteiger partial charge in [-0.2, -0.15) is 0 Å². The smallest absolute Gasteiger partial charge is 0.269 e. The van der Waals surface area contributed by atoms with E-state index in [1.807, 2.05) is 26.0 Å². The monoisotopic (exact) mass is 314 g/mol. The molecule has 1 N–H and O–H groups in total. The van der Waals surface area contributed by atoms with Gasteiger partial charge in [0.05, 0.1) is 11.5 Å². The van der Waals surface area contributed by atoms with Crippen LogP contribution in [-0.2, 0) is 4.79 Å². The topological polar surface area (TPSA) is 88.4 Å². The van der Waals surface area contributed by atoms with Crippen molar-refractivity contribution >= 4 is 23.1 Å². The summed E-state index contributed by atoms with van der Waals surface area (Å²) in [5.41, 5.74) is 2.54. The molecule has 7 nitrogen and oxygen atoms in total. The lowest BCUT2D eigenvalue weighted by Gasteiger charge is -2.18. The molecule has 0 aliphatic rings. The molecule has 0 bridgehead atoms. The van der Waals surface area contributed by atoms with Crippen LogP contribution in [0.5, 0.6) is 0 Å². The number of anilines is 2. The first-order chi connectivity index (χ1) is 10.9. The van der Waals surface area contributed by atoms with Crippen LogP contribution in [0.2, 0.25) is 0 Å². The predicted octanol–water partition coefficient (Wildman–Crippen LogP) is 2.68. The first kappa shape index (κ1) is 16.4. The largest absolute Gasteiger partial charge is 0.376 e. The molecule has 0 aliphatic carbocycles. The Balaban J connectivity index is 1.99. The summed E-state index contributed by atoms with van der Waals surface area (Å²) in [6.45, 7) is 3.90. The number of carbonyl (C=O) groups excluding carboxylic acids is 1. The van der Waals surface area contributed by atoms with E-state index < -0.39 is 4.92 Å². The maximum absolute atomic E-state index is 12.2. The van der Waals surface area contributed by atoms with Gasteiger partial charge in [-0.15, -0.1) is 0 Å². The molecule has 0 aliphatic heterocycles. The quantitative estimate of drug-likeness (QED) is 0.677. The number of amides is 1. The predicted molar refractivity (Wildman–Crippen MR) is 88.7 cm³/mol. The highest BCUT2D eigenvalue weighted by Crippen LogP contribution is 2.16. The average molecular weight is 314 g/mol. The Morgan fingerprint density at radius 3 is 2.48 bits per heavy atom. The van der Waals surface area contributed by atoms with Gasteiger partial charge in [-0.3, -0.25) is 19.8 Å². The molecule has 1 aromatic heterocycles. The third-order valence-corrected chi connectivity index (χ3v) is 3.32. The van der Waals surface area contributed by atoms with Crippen molar-refractivity contribution in [3.05, 3.63) is 57.8 Å². The van der Waals surface area contributed by atoms with Gasteiger partial charge >= 0.3 is 0 Å². The van der Waals surface area contributed by atoms with Crippen molar-refractivity contribution in [3.8, 4) is 0 Å². The zero-order valence-electron chi connectivity index (χ0n) is 13.2. The first-order valence-electron chi connectivity index (χ1n) is 7.07. The van der Waals surface area contributed by atoms with Crippen molar-refractivity contribution in [1.29, 1.82) is 0 Å². The van der Waals surface area contributed by atoms with Crippen molar-refractivity contribution in [2.45, 2.75) is 13.8 Å². The van der Waals surface area contributed by atoms with E-state index >= 15 is 0 Å². The van der Waals surface area contributed by atoms with E-state index in [1.54, 1.807) is 19.2 Å². The number of nitrogens with zero attached hydrogens (tertiary/aromatic N) is 3. The third kappa shape index (κ3) is 4.26. The van der Waals surface area contributed by atoms with E-state index in [0.29, 0.717) is 11.5 Å². The zero-order chi connectivity index (χ0) is 17.0. The number of non-ortho nitro benzene ring substituents is 1. The van der Waals surface area contributed by atoms with Crippen LogP contribution >= 0.6 is 0 Å². The number of likely N-dealkylation sites (N-methyl/N-ethyl adjacent to an activating group) is 1. The van der Waals surface area contributed by atoms with Gasteiger partial charge in [-0.25, -0.2) is 4.98 Å². The SMILES string of the molecule is Cc1cc(C)nc(N(C)C(=O)CNc2ccc([N+](=O)[O-])cc2)c1. The third-order valence-electron chi connectivity index (χ3n) is 3.32. The molecular formula is C16H18N4O3. The second kappa shape index (κ2) is 6.87. The highest BCUT2D eigenvalue weighted by molar-refractivity contribution is 5.94. The van der Waals surface area contributed by atoms with Gasteiger partial charge in [0.15, 0.2) is 0 Å². The Morgan fingerprint density at radius 2 is 1.91 bits per heavy atom. The molecule has 0 spiro atoms. The van der Waals surface area contributed by atoms with E-state index in [0.717, 1.165) is 11.3 Å². The maximum Gasteiger partial charge on any atom is 0.269 e. The minimum atomic E-state index is -0.464. The number of nitro groups is 1. The summed E-state index contributed by atoms with van der Waals surface area (Å²) >= 11 is 0. The standard InChI is InChI=1S/C16H18N4O3/c1-11-8-12(2)18-15(9-11)19(3)16(21)10-17-13-4-6-14(7-5-13)20(22)23/h4-9,17H,10H2,1-3H3. The summed E-state index contributed by atoms with van der Waals surface area (Å²) in [6, 6.07) is 9.71. The fourth-order valence-corrected chi connectivity index (χ4v) is 2.12. The Bertz CT molecular complexity index is 708. The molecule has 1 aromatic carbocycles. The highest BCUT2D eigenvalue weighted by atomic mass is 16.6. The van der Waals surface area contributed by atoms with Gasteiger partial charge < -0.3 is 5.32 Å². The molecule has 23 heavy (non-hydrogen) atoms. The number of rotatable bonds is 5. The molecule has 2 rings (SSSR count). The first-order valence-corrected chi connectivity index (χ1v) is 7.07. The van der Waals surface area contributed by atoms with Gasteiger partial charge in [0, 0.05) is 30.6 Å². The van der Waals surface area contributed by atoms with Crippen molar-refractivity contribution in [1.82, 2.24) is 4.98 Å².